The van der Waals surface area contributed by atoms with Gasteiger partial charge in [-0.05, 0) is 32.6 Å². The van der Waals surface area contributed by atoms with Crippen molar-refractivity contribution >= 4 is 5.91 Å². The number of hydrogen-bond donors (Lipinski definition) is 0. The van der Waals surface area contributed by atoms with Crippen molar-refractivity contribution < 1.29 is 4.79 Å². The van der Waals surface area contributed by atoms with Gasteiger partial charge in [-0.2, -0.15) is 0 Å². The third-order valence-electron chi connectivity index (χ3n) is 4.36. The van der Waals surface area contributed by atoms with Crippen LogP contribution in [-0.4, -0.2) is 47.4 Å². The summed E-state index contributed by atoms with van der Waals surface area (Å²) in [5.74, 6) is 1.70. The van der Waals surface area contributed by atoms with Crippen LogP contribution in [0.4, 0.5) is 0 Å². The van der Waals surface area contributed by atoms with Crippen LogP contribution in [0.3, 0.4) is 0 Å². The third kappa shape index (κ3) is 2.56. The second-order valence-corrected chi connectivity index (χ2v) is 8.06. The Hall–Kier alpha value is -0.570. The number of likely N-dealkylation sites (tertiary alicyclic amines) is 2. The summed E-state index contributed by atoms with van der Waals surface area (Å²) in [6.07, 6.45) is 0. The van der Waals surface area contributed by atoms with Gasteiger partial charge in [0.15, 0.2) is 0 Å². The van der Waals surface area contributed by atoms with Gasteiger partial charge in [0.05, 0.1) is 0 Å². The Kier molecular flexibility index (Phi) is 3.25. The molecule has 0 aromatic rings. The van der Waals surface area contributed by atoms with Gasteiger partial charge in [0.25, 0.3) is 0 Å². The molecule has 0 saturated carbocycles. The largest absolute Gasteiger partial charge is 0.342 e. The lowest BCUT2D eigenvalue weighted by molar-refractivity contribution is -0.138. The topological polar surface area (TPSA) is 23.6 Å². The highest BCUT2D eigenvalue weighted by atomic mass is 16.2. The van der Waals surface area contributed by atoms with Gasteiger partial charge < -0.3 is 4.90 Å². The Morgan fingerprint density at radius 2 is 1.33 bits per heavy atom. The van der Waals surface area contributed by atoms with Crippen LogP contribution < -0.4 is 0 Å². The zero-order valence-electron chi connectivity index (χ0n) is 12.8. The Balaban J connectivity index is 1.97. The number of amides is 1. The van der Waals surface area contributed by atoms with Crippen LogP contribution in [0.2, 0.25) is 0 Å². The summed E-state index contributed by atoms with van der Waals surface area (Å²) in [6.45, 7) is 17.1. The van der Waals surface area contributed by atoms with Crippen LogP contribution >= 0.6 is 0 Å². The smallest absolute Gasteiger partial charge is 0.227 e. The molecular weight excluding hydrogens is 224 g/mol. The molecule has 0 aromatic heterocycles. The molecule has 0 aromatic carbocycles. The van der Waals surface area contributed by atoms with E-state index in [1.807, 2.05) is 20.8 Å². The van der Waals surface area contributed by atoms with Crippen molar-refractivity contribution in [3.63, 3.8) is 0 Å². The van der Waals surface area contributed by atoms with Crippen LogP contribution in [0.1, 0.15) is 41.5 Å². The van der Waals surface area contributed by atoms with Crippen LogP contribution in [0, 0.1) is 17.3 Å². The predicted octanol–water partition coefficient (Wildman–Crippen LogP) is 2.22. The summed E-state index contributed by atoms with van der Waals surface area (Å²) in [6, 6.07) is 0. The van der Waals surface area contributed by atoms with E-state index in [4.69, 9.17) is 0 Å². The van der Waals surface area contributed by atoms with E-state index in [1.54, 1.807) is 0 Å². The first-order chi connectivity index (χ1) is 8.09. The molecule has 0 bridgehead atoms. The number of hydrogen-bond acceptors (Lipinski definition) is 2. The highest BCUT2D eigenvalue weighted by Gasteiger charge is 2.45. The second kappa shape index (κ2) is 4.22. The van der Waals surface area contributed by atoms with Crippen molar-refractivity contribution in [1.82, 2.24) is 9.80 Å². The van der Waals surface area contributed by atoms with Gasteiger partial charge >= 0.3 is 0 Å². The minimum Gasteiger partial charge on any atom is -0.342 e. The Bertz CT molecular complexity index is 323. The molecule has 2 atom stereocenters. The molecule has 2 aliphatic rings. The summed E-state index contributed by atoms with van der Waals surface area (Å²) in [4.78, 5) is 17.0. The van der Waals surface area contributed by atoms with Crippen LogP contribution in [0.5, 0.6) is 0 Å². The zero-order chi connectivity index (χ0) is 13.7. The molecule has 0 radical (unpaired) electrons. The van der Waals surface area contributed by atoms with Gasteiger partial charge in [0.1, 0.15) is 0 Å². The van der Waals surface area contributed by atoms with Gasteiger partial charge in [-0.15, -0.1) is 0 Å². The molecule has 2 fully saturated rings. The fraction of sp³-hybridized carbons (Fsp3) is 0.933. The van der Waals surface area contributed by atoms with Crippen LogP contribution in [0.25, 0.3) is 0 Å². The second-order valence-electron chi connectivity index (χ2n) is 8.06. The molecule has 0 aliphatic carbocycles. The molecule has 3 nitrogen and oxygen atoms in total. The maximum atomic E-state index is 12.3. The van der Waals surface area contributed by atoms with E-state index >= 15 is 0 Å². The van der Waals surface area contributed by atoms with Crippen molar-refractivity contribution in [1.29, 1.82) is 0 Å². The highest BCUT2D eigenvalue weighted by Crippen LogP contribution is 2.36. The number of nitrogens with zero attached hydrogens (tertiary/aromatic N) is 2. The summed E-state index contributed by atoms with van der Waals surface area (Å²) in [5, 5.41) is 0. The summed E-state index contributed by atoms with van der Waals surface area (Å²) in [5.41, 5.74) is 0.0333. The van der Waals surface area contributed by atoms with Crippen molar-refractivity contribution in [2.24, 2.45) is 17.3 Å². The zero-order valence-corrected chi connectivity index (χ0v) is 12.8. The van der Waals surface area contributed by atoms with E-state index < -0.39 is 0 Å². The molecule has 2 aliphatic heterocycles. The highest BCUT2D eigenvalue weighted by molar-refractivity contribution is 5.81. The third-order valence-corrected chi connectivity index (χ3v) is 4.36. The Labute approximate surface area is 112 Å². The van der Waals surface area contributed by atoms with E-state index in [0.717, 1.165) is 26.2 Å². The molecule has 2 unspecified atom stereocenters. The van der Waals surface area contributed by atoms with Crippen molar-refractivity contribution in [2.75, 3.05) is 26.2 Å². The molecular formula is C15H28N2O. The monoisotopic (exact) mass is 252 g/mol. The van der Waals surface area contributed by atoms with E-state index in [2.05, 4.69) is 30.6 Å². The predicted molar refractivity (Wildman–Crippen MR) is 74.3 cm³/mol. The van der Waals surface area contributed by atoms with Crippen LogP contribution in [0.15, 0.2) is 0 Å². The molecule has 0 N–H and O–H groups in total. The maximum absolute atomic E-state index is 12.3. The van der Waals surface area contributed by atoms with Crippen molar-refractivity contribution in [3.05, 3.63) is 0 Å². The fourth-order valence-electron chi connectivity index (χ4n) is 3.18. The number of fused-ring (bicyclic) bond motifs is 1. The maximum Gasteiger partial charge on any atom is 0.227 e. The normalized spacial score (nSPS) is 29.8. The fourth-order valence-corrected chi connectivity index (χ4v) is 3.18. The first-order valence-corrected chi connectivity index (χ1v) is 7.13. The van der Waals surface area contributed by atoms with E-state index in [9.17, 15) is 4.79 Å². The molecule has 2 rings (SSSR count). The number of carbonyl (C=O) groups excluding carboxylic acids is 1. The molecule has 1 amide bonds. The van der Waals surface area contributed by atoms with Gasteiger partial charge in [-0.3, -0.25) is 9.69 Å². The molecule has 3 heteroatoms. The minimum atomic E-state index is -0.234. The van der Waals surface area contributed by atoms with E-state index in [1.165, 1.54) is 0 Å². The lowest BCUT2D eigenvalue weighted by atomic mass is 9.95. The van der Waals surface area contributed by atoms with Gasteiger partial charge in [-0.25, -0.2) is 0 Å². The Morgan fingerprint density at radius 1 is 0.889 bits per heavy atom. The van der Waals surface area contributed by atoms with Crippen LogP contribution in [-0.2, 0) is 4.79 Å². The number of rotatable bonds is 0. The van der Waals surface area contributed by atoms with E-state index in [-0.39, 0.29) is 11.0 Å². The molecule has 0 spiro atoms. The SMILES string of the molecule is CC(C)(C)C(=O)N1CC2CN(C(C)(C)C)CC2C1. The standard InChI is InChI=1S/C15H28N2O/c1-14(2,3)13(18)16-7-11-9-17(15(4,5)6)10-12(11)8-16/h11-12H,7-10H2,1-6H3. The Morgan fingerprint density at radius 3 is 1.67 bits per heavy atom. The molecule has 2 heterocycles. The molecule has 104 valence electrons. The first kappa shape index (κ1) is 13.9. The van der Waals surface area contributed by atoms with Gasteiger partial charge in [-0.1, -0.05) is 20.8 Å². The lowest BCUT2D eigenvalue weighted by Crippen LogP contribution is -2.43. The minimum absolute atomic E-state index is 0.234. The molecule has 2 saturated heterocycles. The summed E-state index contributed by atoms with van der Waals surface area (Å²) >= 11 is 0. The van der Waals surface area contributed by atoms with Gasteiger partial charge in [0.2, 0.25) is 5.91 Å². The van der Waals surface area contributed by atoms with E-state index in [0.29, 0.717) is 17.7 Å². The average molecular weight is 252 g/mol. The van der Waals surface area contributed by atoms with Crippen molar-refractivity contribution in [2.45, 2.75) is 47.1 Å². The van der Waals surface area contributed by atoms with Gasteiger partial charge in [0, 0.05) is 37.1 Å². The quantitative estimate of drug-likeness (QED) is 0.660. The first-order valence-electron chi connectivity index (χ1n) is 7.13. The summed E-state index contributed by atoms with van der Waals surface area (Å²) in [7, 11) is 0. The average Bonchev–Trinajstić information content (AvgIpc) is 2.69. The van der Waals surface area contributed by atoms with Crippen molar-refractivity contribution in [3.8, 4) is 0 Å². The lowest BCUT2D eigenvalue weighted by Gasteiger charge is -2.34. The number of carbonyl (C=O) groups is 1. The molecule has 18 heavy (non-hydrogen) atoms. The summed E-state index contributed by atoms with van der Waals surface area (Å²) < 4.78 is 0.